The molecule has 2 heterocycles. The molecule has 0 spiro atoms. The number of carbonyl (C=O) groups is 1. The van der Waals surface area contributed by atoms with Gasteiger partial charge < -0.3 is 10.6 Å². The number of amides is 1. The fraction of sp³-hybridized carbons (Fsp3) is 0.200. The Hall–Kier alpha value is -2.33. The fourth-order valence-electron chi connectivity index (χ4n) is 3.36. The number of benzene rings is 2. The molecule has 0 bridgehead atoms. The van der Waals surface area contributed by atoms with Crippen LogP contribution in [0.25, 0.3) is 0 Å². The first-order chi connectivity index (χ1) is 14.2. The van der Waals surface area contributed by atoms with Gasteiger partial charge in [-0.3, -0.25) is 4.79 Å². The fourth-order valence-corrected chi connectivity index (χ4v) is 4.18. The SMILES string of the molecule is O=C(Nc1ccc(Br)cc1)c1nn2c(c1Br)N[C@H](c1ccccc1)C[C@@H]2C(F)(F)F. The number of hydrogen-bond acceptors (Lipinski definition) is 3. The largest absolute Gasteiger partial charge is 0.410 e. The number of carbonyl (C=O) groups excluding carboxylic acids is 1. The summed E-state index contributed by atoms with van der Waals surface area (Å²) in [7, 11) is 0. The van der Waals surface area contributed by atoms with Gasteiger partial charge in [-0.15, -0.1) is 0 Å². The number of aromatic nitrogens is 2. The van der Waals surface area contributed by atoms with Crippen molar-refractivity contribution in [2.24, 2.45) is 0 Å². The van der Waals surface area contributed by atoms with Gasteiger partial charge in [0.15, 0.2) is 11.7 Å². The van der Waals surface area contributed by atoms with Gasteiger partial charge in [-0.25, -0.2) is 4.68 Å². The molecule has 0 aliphatic carbocycles. The van der Waals surface area contributed by atoms with Crippen molar-refractivity contribution in [3.63, 3.8) is 0 Å². The number of alkyl halides is 3. The van der Waals surface area contributed by atoms with Crippen LogP contribution in [0.2, 0.25) is 0 Å². The summed E-state index contributed by atoms with van der Waals surface area (Å²) in [6.45, 7) is 0. The molecule has 10 heteroatoms. The van der Waals surface area contributed by atoms with E-state index in [2.05, 4.69) is 47.6 Å². The third-order valence-corrected chi connectivity index (χ3v) is 6.09. The highest BCUT2D eigenvalue weighted by atomic mass is 79.9. The van der Waals surface area contributed by atoms with Crippen molar-refractivity contribution in [2.45, 2.75) is 24.7 Å². The van der Waals surface area contributed by atoms with Gasteiger partial charge >= 0.3 is 6.18 Å². The first-order valence-electron chi connectivity index (χ1n) is 8.97. The molecule has 0 saturated heterocycles. The second-order valence-electron chi connectivity index (χ2n) is 6.82. The smallest absolute Gasteiger partial charge is 0.362 e. The van der Waals surface area contributed by atoms with E-state index in [1.54, 1.807) is 54.6 Å². The van der Waals surface area contributed by atoms with E-state index in [9.17, 15) is 18.0 Å². The molecule has 5 nitrogen and oxygen atoms in total. The highest BCUT2D eigenvalue weighted by Crippen LogP contribution is 2.46. The Morgan fingerprint density at radius 1 is 1.10 bits per heavy atom. The number of nitrogens with one attached hydrogen (secondary N) is 2. The molecule has 30 heavy (non-hydrogen) atoms. The summed E-state index contributed by atoms with van der Waals surface area (Å²) in [4.78, 5) is 12.7. The summed E-state index contributed by atoms with van der Waals surface area (Å²) in [6.07, 6.45) is -4.75. The topological polar surface area (TPSA) is 59.0 Å². The van der Waals surface area contributed by atoms with Crippen LogP contribution in [0.3, 0.4) is 0 Å². The molecule has 0 fully saturated rings. The maximum absolute atomic E-state index is 13.8. The van der Waals surface area contributed by atoms with Crippen molar-refractivity contribution in [1.29, 1.82) is 0 Å². The van der Waals surface area contributed by atoms with Crippen molar-refractivity contribution < 1.29 is 18.0 Å². The van der Waals surface area contributed by atoms with Crippen LogP contribution in [0.4, 0.5) is 24.7 Å². The molecule has 2 atom stereocenters. The molecule has 1 aromatic heterocycles. The van der Waals surface area contributed by atoms with Crippen LogP contribution in [-0.2, 0) is 0 Å². The molecule has 3 aromatic rings. The lowest BCUT2D eigenvalue weighted by Crippen LogP contribution is -2.35. The average Bonchev–Trinajstić information content (AvgIpc) is 3.05. The van der Waals surface area contributed by atoms with E-state index < -0.39 is 24.2 Å². The van der Waals surface area contributed by atoms with E-state index in [-0.39, 0.29) is 22.4 Å². The first-order valence-corrected chi connectivity index (χ1v) is 10.6. The average molecular weight is 544 g/mol. The van der Waals surface area contributed by atoms with E-state index in [1.807, 2.05) is 0 Å². The molecule has 0 unspecified atom stereocenters. The number of nitrogens with zero attached hydrogens (tertiary/aromatic N) is 2. The summed E-state index contributed by atoms with van der Waals surface area (Å²) in [5, 5.41) is 9.76. The van der Waals surface area contributed by atoms with Crippen molar-refractivity contribution in [2.75, 3.05) is 10.6 Å². The van der Waals surface area contributed by atoms with E-state index in [0.29, 0.717) is 5.69 Å². The maximum Gasteiger partial charge on any atom is 0.410 e. The number of fused-ring (bicyclic) bond motifs is 1. The first kappa shape index (κ1) is 20.9. The molecule has 2 aromatic carbocycles. The predicted octanol–water partition coefficient (Wildman–Crippen LogP) is 6.32. The Bertz CT molecular complexity index is 1070. The lowest BCUT2D eigenvalue weighted by Gasteiger charge is -2.33. The van der Waals surface area contributed by atoms with Gasteiger partial charge in [0.1, 0.15) is 5.82 Å². The van der Waals surface area contributed by atoms with Crippen molar-refractivity contribution in [3.8, 4) is 0 Å². The lowest BCUT2D eigenvalue weighted by molar-refractivity contribution is -0.173. The molecule has 1 amide bonds. The zero-order valence-electron chi connectivity index (χ0n) is 15.3. The van der Waals surface area contributed by atoms with Crippen LogP contribution in [-0.4, -0.2) is 21.9 Å². The van der Waals surface area contributed by atoms with Gasteiger partial charge in [-0.05, 0) is 45.8 Å². The molecule has 156 valence electrons. The normalized spacial score (nSPS) is 18.4. The molecule has 1 aliphatic heterocycles. The lowest BCUT2D eigenvalue weighted by atomic mass is 9.97. The summed E-state index contributed by atoms with van der Waals surface area (Å²) >= 11 is 6.58. The Morgan fingerprint density at radius 3 is 2.40 bits per heavy atom. The van der Waals surface area contributed by atoms with Crippen molar-refractivity contribution in [3.05, 3.63) is 74.8 Å². The third kappa shape index (κ3) is 4.11. The van der Waals surface area contributed by atoms with Gasteiger partial charge in [-0.1, -0.05) is 46.3 Å². The molecular weight excluding hydrogens is 529 g/mol. The van der Waals surface area contributed by atoms with Crippen molar-refractivity contribution in [1.82, 2.24) is 9.78 Å². The molecule has 1 aliphatic rings. The van der Waals surface area contributed by atoms with Crippen LogP contribution < -0.4 is 10.6 Å². The highest BCUT2D eigenvalue weighted by molar-refractivity contribution is 9.11. The Morgan fingerprint density at radius 2 is 1.77 bits per heavy atom. The Labute approximate surface area is 186 Å². The summed E-state index contributed by atoms with van der Waals surface area (Å²) in [5.74, 6) is -0.483. The van der Waals surface area contributed by atoms with Gasteiger partial charge in [0.2, 0.25) is 0 Å². The predicted molar refractivity (Wildman–Crippen MR) is 115 cm³/mol. The van der Waals surface area contributed by atoms with Crippen LogP contribution in [0, 0.1) is 0 Å². The van der Waals surface area contributed by atoms with Crippen LogP contribution >= 0.6 is 31.9 Å². The standard InChI is InChI=1S/C20H15Br2F3N4O/c21-12-6-8-13(9-7-12)26-19(30)17-16(22)18-27-14(11-4-2-1-3-5-11)10-15(20(23,24)25)29(18)28-17/h1-9,14-15,27H,10H2,(H,26,30)/t14-,15+/m0/s1. The minimum atomic E-state index is -4.52. The van der Waals surface area contributed by atoms with Crippen LogP contribution in [0.15, 0.2) is 63.5 Å². The Balaban J connectivity index is 1.69. The van der Waals surface area contributed by atoms with E-state index in [1.165, 1.54) is 0 Å². The van der Waals surface area contributed by atoms with E-state index in [4.69, 9.17) is 0 Å². The summed E-state index contributed by atoms with van der Waals surface area (Å²) < 4.78 is 43.4. The number of anilines is 2. The number of rotatable bonds is 3. The van der Waals surface area contributed by atoms with E-state index in [0.717, 1.165) is 14.7 Å². The van der Waals surface area contributed by atoms with Crippen LogP contribution in [0.5, 0.6) is 0 Å². The molecule has 2 N–H and O–H groups in total. The molecule has 0 saturated carbocycles. The number of halogens is 5. The second-order valence-corrected chi connectivity index (χ2v) is 8.53. The van der Waals surface area contributed by atoms with Gasteiger partial charge in [0.05, 0.1) is 10.5 Å². The minimum Gasteiger partial charge on any atom is -0.362 e. The van der Waals surface area contributed by atoms with E-state index >= 15 is 0 Å². The monoisotopic (exact) mass is 542 g/mol. The number of hydrogen-bond donors (Lipinski definition) is 2. The van der Waals surface area contributed by atoms with Gasteiger partial charge in [0, 0.05) is 16.6 Å². The van der Waals surface area contributed by atoms with Gasteiger partial charge in [0.25, 0.3) is 5.91 Å². The molecule has 0 radical (unpaired) electrons. The maximum atomic E-state index is 13.8. The zero-order chi connectivity index (χ0) is 21.5. The molecule has 4 rings (SSSR count). The summed E-state index contributed by atoms with van der Waals surface area (Å²) in [5.41, 5.74) is 1.11. The highest BCUT2D eigenvalue weighted by Gasteiger charge is 2.47. The minimum absolute atomic E-state index is 0.122. The van der Waals surface area contributed by atoms with Crippen molar-refractivity contribution >= 4 is 49.3 Å². The third-order valence-electron chi connectivity index (χ3n) is 4.81. The summed E-state index contributed by atoms with van der Waals surface area (Å²) in [6, 6.07) is 13.3. The molecular formula is C20H15Br2F3N4O. The van der Waals surface area contributed by atoms with Crippen LogP contribution in [0.1, 0.15) is 34.6 Å². The quantitative estimate of drug-likeness (QED) is 0.406. The second kappa shape index (κ2) is 8.07. The van der Waals surface area contributed by atoms with Gasteiger partial charge in [-0.2, -0.15) is 18.3 Å². The Kier molecular flexibility index (Phi) is 5.63. The zero-order valence-corrected chi connectivity index (χ0v) is 18.4.